The number of hydrogen-bond acceptors (Lipinski definition) is 3. The Morgan fingerprint density at radius 2 is 1.88 bits per heavy atom. The molecular formula is C20H27N3O2. The van der Waals surface area contributed by atoms with Gasteiger partial charge >= 0.3 is 6.03 Å². The van der Waals surface area contributed by atoms with E-state index < -0.39 is 6.10 Å². The van der Waals surface area contributed by atoms with Crippen LogP contribution < -0.4 is 10.6 Å². The highest BCUT2D eigenvalue weighted by Crippen LogP contribution is 2.23. The molecule has 2 amide bonds. The topological polar surface area (TPSA) is 74.2 Å². The van der Waals surface area contributed by atoms with Crippen molar-refractivity contribution in [2.75, 3.05) is 13.1 Å². The Morgan fingerprint density at radius 3 is 2.48 bits per heavy atom. The molecule has 0 saturated heterocycles. The van der Waals surface area contributed by atoms with Gasteiger partial charge in [0, 0.05) is 25.5 Å². The summed E-state index contributed by atoms with van der Waals surface area (Å²) >= 11 is 0. The fraction of sp³-hybridized carbons (Fsp3) is 0.400. The molecule has 1 heterocycles. The van der Waals surface area contributed by atoms with Crippen LogP contribution in [-0.4, -0.2) is 29.2 Å². The van der Waals surface area contributed by atoms with Gasteiger partial charge in [0.15, 0.2) is 0 Å². The quantitative estimate of drug-likeness (QED) is 0.756. The zero-order valence-corrected chi connectivity index (χ0v) is 15.1. The second kappa shape index (κ2) is 8.62. The first-order chi connectivity index (χ1) is 11.9. The number of hydrogen-bond donors (Lipinski definition) is 3. The Bertz CT molecular complexity index is 664. The molecule has 3 N–H and O–H groups in total. The summed E-state index contributed by atoms with van der Waals surface area (Å²) in [4.78, 5) is 15.8. The molecular weight excluding hydrogens is 314 g/mol. The predicted octanol–water partition coefficient (Wildman–Crippen LogP) is 2.95. The Labute approximate surface area is 149 Å². The maximum atomic E-state index is 11.8. The highest BCUT2D eigenvalue weighted by Gasteiger charge is 2.15. The first-order valence-corrected chi connectivity index (χ1v) is 8.55. The third-order valence-electron chi connectivity index (χ3n) is 4.04. The molecule has 0 aliphatic rings. The van der Waals surface area contributed by atoms with E-state index >= 15 is 0 Å². The van der Waals surface area contributed by atoms with Gasteiger partial charge in [0.1, 0.15) is 0 Å². The van der Waals surface area contributed by atoms with Gasteiger partial charge in [0.05, 0.1) is 6.10 Å². The van der Waals surface area contributed by atoms with E-state index in [2.05, 4.69) is 36.4 Å². The lowest BCUT2D eigenvalue weighted by Gasteiger charge is -2.20. The summed E-state index contributed by atoms with van der Waals surface area (Å²) in [6.07, 6.45) is 3.50. The zero-order valence-electron chi connectivity index (χ0n) is 15.1. The molecule has 0 bridgehead atoms. The molecule has 0 fully saturated rings. The second-order valence-corrected chi connectivity index (χ2v) is 7.14. The number of aliphatic hydroxyl groups is 1. The van der Waals surface area contributed by atoms with E-state index in [1.807, 2.05) is 36.4 Å². The molecule has 134 valence electrons. The summed E-state index contributed by atoms with van der Waals surface area (Å²) in [7, 11) is 0. The summed E-state index contributed by atoms with van der Waals surface area (Å²) in [6.45, 7) is 7.14. The molecule has 0 spiro atoms. The number of amides is 2. The van der Waals surface area contributed by atoms with Crippen molar-refractivity contribution in [2.24, 2.45) is 0 Å². The Morgan fingerprint density at radius 1 is 1.16 bits per heavy atom. The van der Waals surface area contributed by atoms with Crippen LogP contribution >= 0.6 is 0 Å². The number of nitrogens with one attached hydrogen (secondary N) is 2. The van der Waals surface area contributed by atoms with E-state index in [0.29, 0.717) is 6.54 Å². The third kappa shape index (κ3) is 6.19. The Kier molecular flexibility index (Phi) is 6.53. The molecule has 5 nitrogen and oxygen atoms in total. The van der Waals surface area contributed by atoms with E-state index in [-0.39, 0.29) is 18.0 Å². The molecule has 1 unspecified atom stereocenters. The summed E-state index contributed by atoms with van der Waals surface area (Å²) in [5.41, 5.74) is 3.16. The monoisotopic (exact) mass is 341 g/mol. The van der Waals surface area contributed by atoms with Crippen LogP contribution in [0.25, 0.3) is 0 Å². The van der Waals surface area contributed by atoms with Crippen molar-refractivity contribution in [3.63, 3.8) is 0 Å². The Balaban J connectivity index is 1.73. The third-order valence-corrected chi connectivity index (χ3v) is 4.04. The number of benzene rings is 1. The highest BCUT2D eigenvalue weighted by molar-refractivity contribution is 5.73. The minimum atomic E-state index is -0.724. The molecule has 0 aliphatic heterocycles. The molecule has 1 atom stereocenters. The van der Waals surface area contributed by atoms with Crippen LogP contribution in [0.5, 0.6) is 0 Å². The number of carbonyl (C=O) groups excluding carboxylic acids is 1. The SMILES string of the molecule is CC(C)(C)c1ccc(C(O)CNC(=O)NCCc2cccnc2)cc1. The van der Waals surface area contributed by atoms with Crippen LogP contribution in [0, 0.1) is 0 Å². The van der Waals surface area contributed by atoms with Crippen molar-refractivity contribution in [3.05, 3.63) is 65.5 Å². The molecule has 2 aromatic rings. The van der Waals surface area contributed by atoms with Crippen LogP contribution in [0.2, 0.25) is 0 Å². The van der Waals surface area contributed by atoms with Crippen molar-refractivity contribution < 1.29 is 9.90 Å². The van der Waals surface area contributed by atoms with Crippen molar-refractivity contribution in [1.29, 1.82) is 0 Å². The average molecular weight is 341 g/mol. The van der Waals surface area contributed by atoms with Crippen LogP contribution in [0.3, 0.4) is 0 Å². The maximum Gasteiger partial charge on any atom is 0.314 e. The lowest BCUT2D eigenvalue weighted by molar-refractivity contribution is 0.173. The van der Waals surface area contributed by atoms with Crippen LogP contribution in [0.1, 0.15) is 43.6 Å². The highest BCUT2D eigenvalue weighted by atomic mass is 16.3. The van der Waals surface area contributed by atoms with Crippen molar-refractivity contribution in [3.8, 4) is 0 Å². The van der Waals surface area contributed by atoms with E-state index in [1.165, 1.54) is 5.56 Å². The van der Waals surface area contributed by atoms with E-state index in [9.17, 15) is 9.90 Å². The van der Waals surface area contributed by atoms with Crippen molar-refractivity contribution in [1.82, 2.24) is 15.6 Å². The number of aliphatic hydroxyl groups excluding tert-OH is 1. The number of aromatic nitrogens is 1. The molecule has 0 saturated carbocycles. The van der Waals surface area contributed by atoms with E-state index in [1.54, 1.807) is 12.4 Å². The van der Waals surface area contributed by atoms with E-state index in [4.69, 9.17) is 0 Å². The normalized spacial score (nSPS) is 12.5. The number of nitrogens with zero attached hydrogens (tertiary/aromatic N) is 1. The fourth-order valence-corrected chi connectivity index (χ4v) is 2.44. The lowest BCUT2D eigenvalue weighted by atomic mass is 9.86. The molecule has 5 heteroatoms. The summed E-state index contributed by atoms with van der Waals surface area (Å²) in [5.74, 6) is 0. The van der Waals surface area contributed by atoms with Crippen molar-refractivity contribution in [2.45, 2.75) is 38.7 Å². The molecule has 2 rings (SSSR count). The fourth-order valence-electron chi connectivity index (χ4n) is 2.44. The summed E-state index contributed by atoms with van der Waals surface area (Å²) in [6, 6.07) is 11.4. The van der Waals surface area contributed by atoms with Gasteiger partial charge in [0.25, 0.3) is 0 Å². The Hall–Kier alpha value is -2.40. The van der Waals surface area contributed by atoms with Gasteiger partial charge in [-0.3, -0.25) is 4.98 Å². The summed E-state index contributed by atoms with van der Waals surface area (Å²) < 4.78 is 0. The molecule has 25 heavy (non-hydrogen) atoms. The minimum absolute atomic E-state index is 0.0793. The smallest absolute Gasteiger partial charge is 0.314 e. The standard InChI is InChI=1S/C20H27N3O2/c1-20(2,3)17-8-6-16(7-9-17)18(24)14-23-19(25)22-12-10-15-5-4-11-21-13-15/h4-9,11,13,18,24H,10,12,14H2,1-3H3,(H2,22,23,25). The molecule has 0 aliphatic carbocycles. The van der Waals surface area contributed by atoms with Crippen LogP contribution in [-0.2, 0) is 11.8 Å². The summed E-state index contributed by atoms with van der Waals surface area (Å²) in [5, 5.41) is 15.7. The lowest BCUT2D eigenvalue weighted by Crippen LogP contribution is -2.38. The first-order valence-electron chi connectivity index (χ1n) is 8.55. The second-order valence-electron chi connectivity index (χ2n) is 7.14. The van der Waals surface area contributed by atoms with Gasteiger partial charge in [-0.05, 0) is 34.6 Å². The number of carbonyl (C=O) groups is 1. The number of urea groups is 1. The number of pyridine rings is 1. The van der Waals surface area contributed by atoms with Gasteiger partial charge < -0.3 is 15.7 Å². The zero-order chi connectivity index (χ0) is 18.3. The van der Waals surface area contributed by atoms with Gasteiger partial charge in [-0.2, -0.15) is 0 Å². The van der Waals surface area contributed by atoms with Crippen molar-refractivity contribution >= 4 is 6.03 Å². The molecule has 1 aromatic carbocycles. The minimum Gasteiger partial charge on any atom is -0.387 e. The van der Waals surface area contributed by atoms with E-state index in [0.717, 1.165) is 17.5 Å². The van der Waals surface area contributed by atoms with Crippen LogP contribution in [0.4, 0.5) is 4.79 Å². The largest absolute Gasteiger partial charge is 0.387 e. The first kappa shape index (κ1) is 18.9. The molecule has 0 radical (unpaired) electrons. The molecule has 1 aromatic heterocycles. The van der Waals surface area contributed by atoms with Gasteiger partial charge in [-0.1, -0.05) is 51.1 Å². The van der Waals surface area contributed by atoms with Gasteiger partial charge in [0.2, 0.25) is 0 Å². The predicted molar refractivity (Wildman–Crippen MR) is 99.4 cm³/mol. The average Bonchev–Trinajstić information content (AvgIpc) is 2.60. The maximum absolute atomic E-state index is 11.8. The number of rotatable bonds is 6. The van der Waals surface area contributed by atoms with Gasteiger partial charge in [-0.15, -0.1) is 0 Å². The van der Waals surface area contributed by atoms with Crippen LogP contribution in [0.15, 0.2) is 48.8 Å². The van der Waals surface area contributed by atoms with Gasteiger partial charge in [-0.25, -0.2) is 4.79 Å².